The van der Waals surface area contributed by atoms with Crippen molar-refractivity contribution in [3.63, 3.8) is 0 Å². The zero-order valence-electron chi connectivity index (χ0n) is 11.1. The summed E-state index contributed by atoms with van der Waals surface area (Å²) in [4.78, 5) is 11.7. The Morgan fingerprint density at radius 1 is 1.35 bits per heavy atom. The third-order valence-electron chi connectivity index (χ3n) is 2.48. The van der Waals surface area contributed by atoms with Crippen LogP contribution in [0.1, 0.15) is 30.3 Å². The lowest BCUT2D eigenvalue weighted by atomic mass is 10.2. The van der Waals surface area contributed by atoms with E-state index < -0.39 is 0 Å². The standard InChI is InChI=1S/C14H14FN3OS/c1-9(2)13-17-18-14(20-13)16-12(19)8-7-10-5-3-4-6-11(10)15/h3-9H,1-2H3,(H,16,18,19)/b8-7+. The summed E-state index contributed by atoms with van der Waals surface area (Å²) in [6.45, 7) is 4.01. The maximum absolute atomic E-state index is 13.4. The number of nitrogens with one attached hydrogen (secondary N) is 1. The molecule has 104 valence electrons. The summed E-state index contributed by atoms with van der Waals surface area (Å²) in [6.07, 6.45) is 2.70. The number of halogens is 1. The minimum absolute atomic E-state index is 0.270. The zero-order chi connectivity index (χ0) is 14.5. The van der Waals surface area contributed by atoms with Gasteiger partial charge in [0.25, 0.3) is 0 Å². The van der Waals surface area contributed by atoms with Gasteiger partial charge in [-0.25, -0.2) is 4.39 Å². The molecule has 2 aromatic rings. The Balaban J connectivity index is 2.00. The summed E-state index contributed by atoms with van der Waals surface area (Å²) in [5.74, 6) is -0.457. The Morgan fingerprint density at radius 2 is 2.10 bits per heavy atom. The first-order chi connectivity index (χ1) is 9.56. The van der Waals surface area contributed by atoms with Crippen molar-refractivity contribution in [1.29, 1.82) is 0 Å². The molecule has 0 aliphatic carbocycles. The molecule has 0 bridgehead atoms. The molecular formula is C14H14FN3OS. The first-order valence-corrected chi connectivity index (χ1v) is 6.95. The second-order valence-electron chi connectivity index (χ2n) is 4.44. The maximum Gasteiger partial charge on any atom is 0.250 e. The molecule has 1 aromatic heterocycles. The highest BCUT2D eigenvalue weighted by Crippen LogP contribution is 2.22. The number of benzene rings is 1. The topological polar surface area (TPSA) is 54.9 Å². The highest BCUT2D eigenvalue weighted by molar-refractivity contribution is 7.15. The van der Waals surface area contributed by atoms with Crippen LogP contribution < -0.4 is 5.32 Å². The van der Waals surface area contributed by atoms with Gasteiger partial charge in [-0.1, -0.05) is 43.4 Å². The summed E-state index contributed by atoms with van der Waals surface area (Å²) >= 11 is 1.33. The Morgan fingerprint density at radius 3 is 2.75 bits per heavy atom. The molecule has 0 fully saturated rings. The minimum atomic E-state index is -0.366. The van der Waals surface area contributed by atoms with Crippen molar-refractivity contribution >= 4 is 28.5 Å². The zero-order valence-corrected chi connectivity index (χ0v) is 11.9. The minimum Gasteiger partial charge on any atom is -0.297 e. The molecule has 4 nitrogen and oxygen atoms in total. The van der Waals surface area contributed by atoms with Gasteiger partial charge in [-0.15, -0.1) is 10.2 Å². The first-order valence-electron chi connectivity index (χ1n) is 6.13. The van der Waals surface area contributed by atoms with Crippen molar-refractivity contribution in [3.8, 4) is 0 Å². The van der Waals surface area contributed by atoms with Crippen LogP contribution in [0.3, 0.4) is 0 Å². The predicted molar refractivity (Wildman–Crippen MR) is 78.1 cm³/mol. The van der Waals surface area contributed by atoms with Crippen molar-refractivity contribution < 1.29 is 9.18 Å². The second kappa shape index (κ2) is 6.38. The Hall–Kier alpha value is -2.08. The number of nitrogens with zero attached hydrogens (tertiary/aromatic N) is 2. The average Bonchev–Trinajstić information content (AvgIpc) is 2.86. The van der Waals surface area contributed by atoms with E-state index in [-0.39, 0.29) is 17.6 Å². The first kappa shape index (κ1) is 14.3. The fourth-order valence-electron chi connectivity index (χ4n) is 1.44. The lowest BCUT2D eigenvalue weighted by Gasteiger charge is -1.97. The van der Waals surface area contributed by atoms with Gasteiger partial charge in [-0.2, -0.15) is 0 Å². The van der Waals surface area contributed by atoms with E-state index in [1.807, 2.05) is 13.8 Å². The number of anilines is 1. The molecule has 1 heterocycles. The van der Waals surface area contributed by atoms with Gasteiger partial charge in [0.05, 0.1) is 0 Å². The molecule has 20 heavy (non-hydrogen) atoms. The number of rotatable bonds is 4. The van der Waals surface area contributed by atoms with Crippen LogP contribution in [-0.4, -0.2) is 16.1 Å². The third kappa shape index (κ3) is 3.71. The molecule has 0 atom stereocenters. The molecule has 1 aromatic carbocycles. The molecule has 6 heteroatoms. The molecule has 0 saturated carbocycles. The van der Waals surface area contributed by atoms with Crippen LogP contribution in [0, 0.1) is 5.82 Å². The fraction of sp³-hybridized carbons (Fsp3) is 0.214. The van der Waals surface area contributed by atoms with E-state index in [2.05, 4.69) is 15.5 Å². The van der Waals surface area contributed by atoms with Gasteiger partial charge in [-0.05, 0) is 12.1 Å². The van der Waals surface area contributed by atoms with Gasteiger partial charge in [0.2, 0.25) is 11.0 Å². The van der Waals surface area contributed by atoms with Gasteiger partial charge in [0, 0.05) is 17.6 Å². The van der Waals surface area contributed by atoms with Crippen molar-refractivity contribution in [1.82, 2.24) is 10.2 Å². The number of hydrogen-bond donors (Lipinski definition) is 1. The normalized spacial score (nSPS) is 11.2. The monoisotopic (exact) mass is 291 g/mol. The predicted octanol–water partition coefficient (Wildman–Crippen LogP) is 3.45. The van der Waals surface area contributed by atoms with Gasteiger partial charge in [-0.3, -0.25) is 10.1 Å². The third-order valence-corrected chi connectivity index (χ3v) is 3.62. The molecule has 0 radical (unpaired) electrons. The van der Waals surface area contributed by atoms with E-state index in [0.29, 0.717) is 10.7 Å². The Kier molecular flexibility index (Phi) is 4.57. The van der Waals surface area contributed by atoms with Crippen molar-refractivity contribution in [2.75, 3.05) is 5.32 Å². The van der Waals surface area contributed by atoms with E-state index >= 15 is 0 Å². The summed E-state index contributed by atoms with van der Waals surface area (Å²) in [7, 11) is 0. The molecule has 0 spiro atoms. The number of hydrogen-bond acceptors (Lipinski definition) is 4. The van der Waals surface area contributed by atoms with Crippen LogP contribution in [0.25, 0.3) is 6.08 Å². The summed E-state index contributed by atoms with van der Waals surface area (Å²) < 4.78 is 13.4. The largest absolute Gasteiger partial charge is 0.297 e. The van der Waals surface area contributed by atoms with Crippen molar-refractivity contribution in [2.24, 2.45) is 0 Å². The van der Waals surface area contributed by atoms with Crippen LogP contribution in [0.5, 0.6) is 0 Å². The van der Waals surface area contributed by atoms with E-state index in [4.69, 9.17) is 0 Å². The average molecular weight is 291 g/mol. The lowest BCUT2D eigenvalue weighted by molar-refractivity contribution is -0.111. The highest BCUT2D eigenvalue weighted by atomic mass is 32.1. The van der Waals surface area contributed by atoms with Gasteiger partial charge in [0.15, 0.2) is 0 Å². The molecule has 1 amide bonds. The number of amides is 1. The summed E-state index contributed by atoms with van der Waals surface area (Å²) in [6, 6.07) is 6.25. The van der Waals surface area contributed by atoms with Gasteiger partial charge >= 0.3 is 0 Å². The van der Waals surface area contributed by atoms with E-state index in [1.165, 1.54) is 29.6 Å². The molecule has 0 aliphatic heterocycles. The molecule has 0 saturated heterocycles. The van der Waals surface area contributed by atoms with Gasteiger partial charge < -0.3 is 0 Å². The smallest absolute Gasteiger partial charge is 0.250 e. The van der Waals surface area contributed by atoms with Crippen molar-refractivity contribution in [2.45, 2.75) is 19.8 Å². The van der Waals surface area contributed by atoms with Crippen molar-refractivity contribution in [3.05, 3.63) is 46.7 Å². The summed E-state index contributed by atoms with van der Waals surface area (Å²) in [5.41, 5.74) is 0.364. The van der Waals surface area contributed by atoms with E-state index in [9.17, 15) is 9.18 Å². The number of aromatic nitrogens is 2. The van der Waals surface area contributed by atoms with Gasteiger partial charge in [0.1, 0.15) is 10.8 Å². The van der Waals surface area contributed by atoms with Crippen LogP contribution in [0.15, 0.2) is 30.3 Å². The molecule has 0 unspecified atom stereocenters. The molecule has 0 aliphatic rings. The van der Waals surface area contributed by atoms with Crippen LogP contribution in [0.4, 0.5) is 9.52 Å². The fourth-order valence-corrected chi connectivity index (χ4v) is 2.19. The molecule has 2 rings (SSSR count). The molecule has 1 N–H and O–H groups in total. The lowest BCUT2D eigenvalue weighted by Crippen LogP contribution is -2.07. The number of carbonyl (C=O) groups is 1. The van der Waals surface area contributed by atoms with Crippen LogP contribution in [-0.2, 0) is 4.79 Å². The Labute approximate surface area is 120 Å². The SMILES string of the molecule is CC(C)c1nnc(NC(=O)/C=C/c2ccccc2F)s1. The highest BCUT2D eigenvalue weighted by Gasteiger charge is 2.08. The van der Waals surface area contributed by atoms with E-state index in [0.717, 1.165) is 5.01 Å². The van der Waals surface area contributed by atoms with Crippen LogP contribution in [0.2, 0.25) is 0 Å². The summed E-state index contributed by atoms with van der Waals surface area (Å²) in [5, 5.41) is 11.8. The second-order valence-corrected chi connectivity index (χ2v) is 5.45. The Bertz CT molecular complexity index is 637. The number of carbonyl (C=O) groups excluding carboxylic acids is 1. The maximum atomic E-state index is 13.4. The molecular weight excluding hydrogens is 277 g/mol. The van der Waals surface area contributed by atoms with Crippen LogP contribution >= 0.6 is 11.3 Å². The quantitative estimate of drug-likeness (QED) is 0.878. The van der Waals surface area contributed by atoms with E-state index in [1.54, 1.807) is 18.2 Å².